The Labute approximate surface area is 170 Å². The van der Waals surface area contributed by atoms with Crippen LogP contribution in [0.3, 0.4) is 0 Å². The molecule has 9 heteroatoms. The van der Waals surface area contributed by atoms with Crippen LogP contribution in [0, 0.1) is 24.2 Å². The van der Waals surface area contributed by atoms with E-state index < -0.39 is 11.9 Å². The van der Waals surface area contributed by atoms with E-state index in [-0.39, 0.29) is 17.2 Å². The molecule has 4 rings (SSSR count). The summed E-state index contributed by atoms with van der Waals surface area (Å²) in [4.78, 5) is 8.39. The molecule has 3 N–H and O–H groups in total. The number of H-pyrrole nitrogens is 1. The molecule has 0 fully saturated rings. The van der Waals surface area contributed by atoms with E-state index in [0.717, 1.165) is 33.8 Å². The lowest BCUT2D eigenvalue weighted by Gasteiger charge is -2.25. The van der Waals surface area contributed by atoms with E-state index in [0.29, 0.717) is 30.3 Å². The first-order valence-electron chi connectivity index (χ1n) is 9.44. The molecule has 2 aromatic heterocycles. The SMILES string of the molecule is CN=CC(=C(N)C(F)(F)F)c1nc2ccc3n[nH]c(C)c3c2c2c1CC(C#N)CC2. The van der Waals surface area contributed by atoms with Crippen LogP contribution in [0.25, 0.3) is 27.4 Å². The molecular weight excluding hydrogens is 393 g/mol. The van der Waals surface area contributed by atoms with Crippen LogP contribution in [0.5, 0.6) is 0 Å². The number of fused-ring (bicyclic) bond motifs is 5. The molecule has 0 spiro atoms. The summed E-state index contributed by atoms with van der Waals surface area (Å²) in [6, 6.07) is 5.78. The molecule has 1 aromatic carbocycles. The molecule has 1 unspecified atom stereocenters. The zero-order chi connectivity index (χ0) is 21.6. The molecule has 2 heterocycles. The second kappa shape index (κ2) is 7.13. The third kappa shape index (κ3) is 3.09. The fourth-order valence-corrected chi connectivity index (χ4v) is 4.17. The first-order chi connectivity index (χ1) is 14.3. The van der Waals surface area contributed by atoms with Crippen LogP contribution in [-0.4, -0.2) is 34.6 Å². The molecule has 6 nitrogen and oxygen atoms in total. The third-order valence-electron chi connectivity index (χ3n) is 5.55. The van der Waals surface area contributed by atoms with Crippen LogP contribution in [-0.2, 0) is 12.8 Å². The lowest BCUT2D eigenvalue weighted by atomic mass is 9.80. The van der Waals surface area contributed by atoms with Crippen molar-refractivity contribution in [3.8, 4) is 6.07 Å². The molecule has 0 saturated carbocycles. The largest absolute Gasteiger partial charge is 0.431 e. The van der Waals surface area contributed by atoms with Gasteiger partial charge in [-0.15, -0.1) is 0 Å². The van der Waals surface area contributed by atoms with Crippen molar-refractivity contribution in [3.63, 3.8) is 0 Å². The van der Waals surface area contributed by atoms with Crippen molar-refractivity contribution >= 4 is 33.6 Å². The number of benzene rings is 1. The zero-order valence-corrected chi connectivity index (χ0v) is 16.4. The molecular formula is C21H19F3N6. The number of hydrogen-bond donors (Lipinski definition) is 2. The van der Waals surface area contributed by atoms with Crippen LogP contribution in [0.15, 0.2) is 22.8 Å². The van der Waals surface area contributed by atoms with E-state index in [4.69, 9.17) is 5.73 Å². The number of nitrogens with zero attached hydrogens (tertiary/aromatic N) is 4. The van der Waals surface area contributed by atoms with Crippen molar-refractivity contribution in [2.75, 3.05) is 7.05 Å². The standard InChI is InChI=1S/C21H19F3N6/c1-10-17-16(30-29-10)6-5-15-18(17)12-4-3-11(8-25)7-13(12)19(28-15)14(9-27-2)20(26)21(22,23)24/h5-6,9,11H,3-4,7,26H2,1-2H3,(H,29,30). The fraction of sp³-hybridized carbons (Fsp3) is 0.333. The number of aromatic nitrogens is 3. The summed E-state index contributed by atoms with van der Waals surface area (Å²) in [5.41, 5.74) is 7.82. The predicted molar refractivity (Wildman–Crippen MR) is 109 cm³/mol. The summed E-state index contributed by atoms with van der Waals surface area (Å²) in [6.07, 6.45) is -2.14. The Bertz CT molecular complexity index is 1260. The Morgan fingerprint density at radius 1 is 1.30 bits per heavy atom. The van der Waals surface area contributed by atoms with Crippen molar-refractivity contribution in [3.05, 3.63) is 40.3 Å². The fourth-order valence-electron chi connectivity index (χ4n) is 4.17. The number of hydrogen-bond acceptors (Lipinski definition) is 5. The highest BCUT2D eigenvalue weighted by atomic mass is 19.4. The Balaban J connectivity index is 2.15. The van der Waals surface area contributed by atoms with E-state index in [9.17, 15) is 18.4 Å². The molecule has 0 radical (unpaired) electrons. The Hall–Kier alpha value is -3.41. The molecule has 0 saturated heterocycles. The van der Waals surface area contributed by atoms with E-state index in [1.807, 2.05) is 6.92 Å². The minimum absolute atomic E-state index is 0.137. The monoisotopic (exact) mass is 412 g/mol. The molecule has 1 atom stereocenters. The number of aromatic amines is 1. The van der Waals surface area contributed by atoms with Crippen LogP contribution >= 0.6 is 0 Å². The lowest BCUT2D eigenvalue weighted by molar-refractivity contribution is -0.0918. The Kier molecular flexibility index (Phi) is 4.73. The van der Waals surface area contributed by atoms with Crippen LogP contribution in [0.1, 0.15) is 28.9 Å². The van der Waals surface area contributed by atoms with Gasteiger partial charge in [0.05, 0.1) is 28.7 Å². The maximum Gasteiger partial charge on any atom is 0.431 e. The second-order valence-electron chi connectivity index (χ2n) is 7.40. The average Bonchev–Trinajstić information content (AvgIpc) is 3.10. The highest BCUT2D eigenvalue weighted by molar-refractivity contribution is 6.14. The van der Waals surface area contributed by atoms with E-state index >= 15 is 0 Å². The van der Waals surface area contributed by atoms with E-state index in [2.05, 4.69) is 26.2 Å². The van der Waals surface area contributed by atoms with Gasteiger partial charge >= 0.3 is 6.18 Å². The smallest absolute Gasteiger partial charge is 0.394 e. The first-order valence-corrected chi connectivity index (χ1v) is 9.44. The van der Waals surface area contributed by atoms with Gasteiger partial charge in [0.2, 0.25) is 0 Å². The second-order valence-corrected chi connectivity index (χ2v) is 7.40. The summed E-state index contributed by atoms with van der Waals surface area (Å²) in [5.74, 6) is -0.299. The van der Waals surface area contributed by atoms with Gasteiger partial charge in [-0.25, -0.2) is 4.98 Å². The van der Waals surface area contributed by atoms with Gasteiger partial charge in [0.1, 0.15) is 5.70 Å². The molecule has 0 aliphatic heterocycles. The molecule has 0 bridgehead atoms. The number of allylic oxidation sites excluding steroid dienone is 2. The van der Waals surface area contributed by atoms with Crippen LogP contribution < -0.4 is 5.73 Å². The molecule has 1 aliphatic rings. The van der Waals surface area contributed by atoms with Gasteiger partial charge in [0.15, 0.2) is 0 Å². The zero-order valence-electron chi connectivity index (χ0n) is 16.4. The minimum atomic E-state index is -4.73. The predicted octanol–water partition coefficient (Wildman–Crippen LogP) is 3.98. The number of nitrogens with one attached hydrogen (secondary N) is 1. The number of alkyl halides is 3. The summed E-state index contributed by atoms with van der Waals surface area (Å²) in [6.45, 7) is 1.90. The number of aliphatic imine (C=N–C) groups is 1. The number of nitriles is 1. The number of pyridine rings is 1. The van der Waals surface area contributed by atoms with E-state index in [1.165, 1.54) is 7.05 Å². The average molecular weight is 412 g/mol. The van der Waals surface area contributed by atoms with Crippen molar-refractivity contribution in [1.82, 2.24) is 15.2 Å². The topological polar surface area (TPSA) is 104 Å². The quantitative estimate of drug-likeness (QED) is 0.621. The maximum atomic E-state index is 13.5. The summed E-state index contributed by atoms with van der Waals surface area (Å²) in [7, 11) is 1.38. The molecule has 0 amide bonds. The molecule has 154 valence electrons. The van der Waals surface area contributed by atoms with E-state index in [1.54, 1.807) is 12.1 Å². The molecule has 1 aliphatic carbocycles. The van der Waals surface area contributed by atoms with Crippen molar-refractivity contribution in [1.29, 1.82) is 5.26 Å². The van der Waals surface area contributed by atoms with Crippen LogP contribution in [0.2, 0.25) is 0 Å². The van der Waals surface area contributed by atoms with Gasteiger partial charge in [-0.05, 0) is 49.4 Å². The Morgan fingerprint density at radius 3 is 2.70 bits per heavy atom. The molecule has 3 aromatic rings. The van der Waals surface area contributed by atoms with Gasteiger partial charge in [-0.3, -0.25) is 10.1 Å². The first kappa shape index (κ1) is 19.9. The number of aryl methyl sites for hydroxylation is 2. The van der Waals surface area contributed by atoms with Gasteiger partial charge in [0.25, 0.3) is 0 Å². The summed E-state index contributed by atoms with van der Waals surface area (Å²) < 4.78 is 40.4. The number of halogens is 3. The summed E-state index contributed by atoms with van der Waals surface area (Å²) in [5, 5.41) is 18.5. The third-order valence-corrected chi connectivity index (χ3v) is 5.55. The highest BCUT2D eigenvalue weighted by Crippen LogP contribution is 2.39. The Morgan fingerprint density at radius 2 is 2.03 bits per heavy atom. The van der Waals surface area contributed by atoms with Gasteiger partial charge < -0.3 is 5.73 Å². The van der Waals surface area contributed by atoms with Gasteiger partial charge in [0, 0.05) is 35.3 Å². The van der Waals surface area contributed by atoms with Crippen molar-refractivity contribution in [2.24, 2.45) is 16.6 Å². The highest BCUT2D eigenvalue weighted by Gasteiger charge is 2.36. The lowest BCUT2D eigenvalue weighted by Crippen LogP contribution is -2.24. The molecule has 30 heavy (non-hydrogen) atoms. The number of nitrogens with two attached hydrogens (primary N) is 1. The summed E-state index contributed by atoms with van der Waals surface area (Å²) >= 11 is 0. The minimum Gasteiger partial charge on any atom is -0.394 e. The van der Waals surface area contributed by atoms with Crippen molar-refractivity contribution in [2.45, 2.75) is 32.4 Å². The van der Waals surface area contributed by atoms with Crippen LogP contribution in [0.4, 0.5) is 13.2 Å². The van der Waals surface area contributed by atoms with Gasteiger partial charge in [-0.1, -0.05) is 0 Å². The number of rotatable bonds is 2. The van der Waals surface area contributed by atoms with Gasteiger partial charge in [-0.2, -0.15) is 23.5 Å². The maximum absolute atomic E-state index is 13.5. The van der Waals surface area contributed by atoms with Crippen molar-refractivity contribution < 1.29 is 13.2 Å². The normalized spacial score (nSPS) is 17.9.